The summed E-state index contributed by atoms with van der Waals surface area (Å²) in [6.07, 6.45) is -0.0564. The number of benzene rings is 2. The molecule has 0 radical (unpaired) electrons. The standard InChI is InChI=1S/C18H18FN3O3/c1-11(23)21-14-7-4-6-13(9-14)18(25)22-16(17(20)24)10-12-5-2-3-8-15(12)19/h2-9,16H,10H2,1H3,(H2,20,24)(H,21,23)(H,22,25)/t16-/m0/s1. The van der Waals surface area contributed by atoms with E-state index in [0.29, 0.717) is 5.69 Å². The summed E-state index contributed by atoms with van der Waals surface area (Å²) in [4.78, 5) is 35.1. The van der Waals surface area contributed by atoms with E-state index < -0.39 is 23.7 Å². The minimum Gasteiger partial charge on any atom is -0.368 e. The normalized spacial score (nSPS) is 11.4. The number of amides is 3. The third-order valence-corrected chi connectivity index (χ3v) is 3.48. The molecule has 3 amide bonds. The topological polar surface area (TPSA) is 101 Å². The predicted molar refractivity (Wildman–Crippen MR) is 91.3 cm³/mol. The van der Waals surface area contributed by atoms with Gasteiger partial charge in [-0.15, -0.1) is 0 Å². The third kappa shape index (κ3) is 5.13. The monoisotopic (exact) mass is 343 g/mol. The van der Waals surface area contributed by atoms with E-state index in [1.165, 1.54) is 37.3 Å². The first-order valence-electron chi connectivity index (χ1n) is 7.58. The van der Waals surface area contributed by atoms with Crippen LogP contribution in [0.1, 0.15) is 22.8 Å². The van der Waals surface area contributed by atoms with E-state index in [0.717, 1.165) is 0 Å². The van der Waals surface area contributed by atoms with Gasteiger partial charge in [0.1, 0.15) is 11.9 Å². The Hall–Kier alpha value is -3.22. The number of rotatable bonds is 6. The number of hydrogen-bond acceptors (Lipinski definition) is 3. The van der Waals surface area contributed by atoms with Gasteiger partial charge >= 0.3 is 0 Å². The highest BCUT2D eigenvalue weighted by Crippen LogP contribution is 2.12. The first kappa shape index (κ1) is 18.1. The lowest BCUT2D eigenvalue weighted by Gasteiger charge is -2.16. The average molecular weight is 343 g/mol. The van der Waals surface area contributed by atoms with Crippen LogP contribution in [0.4, 0.5) is 10.1 Å². The minimum absolute atomic E-state index is 0.0564. The van der Waals surface area contributed by atoms with Crippen molar-refractivity contribution in [1.82, 2.24) is 5.32 Å². The molecule has 2 aromatic carbocycles. The van der Waals surface area contributed by atoms with Crippen LogP contribution < -0.4 is 16.4 Å². The van der Waals surface area contributed by atoms with Crippen molar-refractivity contribution in [2.45, 2.75) is 19.4 Å². The Bertz CT molecular complexity index is 808. The number of nitrogens with one attached hydrogen (secondary N) is 2. The average Bonchev–Trinajstić information content (AvgIpc) is 2.55. The largest absolute Gasteiger partial charge is 0.368 e. The molecular formula is C18H18FN3O3. The van der Waals surface area contributed by atoms with Crippen molar-refractivity contribution in [3.63, 3.8) is 0 Å². The Labute approximate surface area is 144 Å². The molecule has 0 aliphatic heterocycles. The molecule has 0 saturated heterocycles. The fourth-order valence-corrected chi connectivity index (χ4v) is 2.29. The molecule has 2 rings (SSSR count). The Morgan fingerprint density at radius 1 is 1.12 bits per heavy atom. The second-order valence-corrected chi connectivity index (χ2v) is 5.49. The molecule has 6 nitrogen and oxygen atoms in total. The molecule has 0 aliphatic carbocycles. The minimum atomic E-state index is -1.06. The summed E-state index contributed by atoms with van der Waals surface area (Å²) >= 11 is 0. The van der Waals surface area contributed by atoms with Crippen LogP contribution in [0.3, 0.4) is 0 Å². The SMILES string of the molecule is CC(=O)Nc1cccc(C(=O)N[C@@H](Cc2ccccc2F)C(N)=O)c1. The highest BCUT2D eigenvalue weighted by molar-refractivity contribution is 5.99. The zero-order valence-electron chi connectivity index (χ0n) is 13.6. The molecule has 4 N–H and O–H groups in total. The number of halogens is 1. The van der Waals surface area contributed by atoms with Gasteiger partial charge in [0, 0.05) is 24.6 Å². The van der Waals surface area contributed by atoms with Crippen LogP contribution in [0.15, 0.2) is 48.5 Å². The summed E-state index contributed by atoms with van der Waals surface area (Å²) in [5, 5.41) is 5.06. The molecule has 0 aromatic heterocycles. The molecule has 25 heavy (non-hydrogen) atoms. The number of carbonyl (C=O) groups excluding carboxylic acids is 3. The van der Waals surface area contributed by atoms with Gasteiger partial charge in [0.2, 0.25) is 11.8 Å². The second-order valence-electron chi connectivity index (χ2n) is 5.49. The van der Waals surface area contributed by atoms with Crippen molar-refractivity contribution in [2.75, 3.05) is 5.32 Å². The van der Waals surface area contributed by atoms with E-state index in [4.69, 9.17) is 5.73 Å². The van der Waals surface area contributed by atoms with Crippen molar-refractivity contribution in [3.8, 4) is 0 Å². The van der Waals surface area contributed by atoms with Crippen molar-refractivity contribution < 1.29 is 18.8 Å². The van der Waals surface area contributed by atoms with E-state index in [1.807, 2.05) is 0 Å². The Morgan fingerprint density at radius 3 is 2.48 bits per heavy atom. The van der Waals surface area contributed by atoms with E-state index in [-0.39, 0.29) is 23.5 Å². The molecule has 0 heterocycles. The number of primary amides is 1. The highest BCUT2D eigenvalue weighted by atomic mass is 19.1. The summed E-state index contributed by atoms with van der Waals surface area (Å²) in [7, 11) is 0. The van der Waals surface area contributed by atoms with Crippen LogP contribution in [-0.4, -0.2) is 23.8 Å². The highest BCUT2D eigenvalue weighted by Gasteiger charge is 2.21. The molecule has 0 unspecified atom stereocenters. The van der Waals surface area contributed by atoms with Crippen LogP contribution in [0, 0.1) is 5.82 Å². The van der Waals surface area contributed by atoms with E-state index in [1.54, 1.807) is 18.2 Å². The van der Waals surface area contributed by atoms with Gasteiger partial charge in [-0.1, -0.05) is 24.3 Å². The van der Waals surface area contributed by atoms with Crippen molar-refractivity contribution in [1.29, 1.82) is 0 Å². The lowest BCUT2D eigenvalue weighted by atomic mass is 10.0. The van der Waals surface area contributed by atoms with E-state index in [9.17, 15) is 18.8 Å². The summed E-state index contributed by atoms with van der Waals surface area (Å²) < 4.78 is 13.7. The zero-order valence-corrected chi connectivity index (χ0v) is 13.6. The van der Waals surface area contributed by atoms with Crippen LogP contribution in [0.25, 0.3) is 0 Å². The fourth-order valence-electron chi connectivity index (χ4n) is 2.29. The van der Waals surface area contributed by atoms with Crippen LogP contribution in [0.5, 0.6) is 0 Å². The fraction of sp³-hybridized carbons (Fsp3) is 0.167. The molecule has 0 spiro atoms. The van der Waals surface area contributed by atoms with Crippen molar-refractivity contribution in [2.24, 2.45) is 5.73 Å². The lowest BCUT2D eigenvalue weighted by Crippen LogP contribution is -2.46. The van der Waals surface area contributed by atoms with Gasteiger partial charge in [-0.2, -0.15) is 0 Å². The maximum absolute atomic E-state index is 13.7. The van der Waals surface area contributed by atoms with Gasteiger partial charge < -0.3 is 16.4 Å². The van der Waals surface area contributed by atoms with Crippen molar-refractivity contribution >= 4 is 23.4 Å². The predicted octanol–water partition coefficient (Wildman–Crippen LogP) is 1.61. The first-order valence-corrected chi connectivity index (χ1v) is 7.58. The van der Waals surface area contributed by atoms with Gasteiger partial charge in [0.15, 0.2) is 0 Å². The summed E-state index contributed by atoms with van der Waals surface area (Å²) in [5.41, 5.74) is 6.29. The maximum Gasteiger partial charge on any atom is 0.252 e. The first-order chi connectivity index (χ1) is 11.9. The van der Waals surface area contributed by atoms with Gasteiger partial charge in [0.25, 0.3) is 5.91 Å². The van der Waals surface area contributed by atoms with Crippen LogP contribution in [0.2, 0.25) is 0 Å². The summed E-state index contributed by atoms with van der Waals surface area (Å²) in [6, 6.07) is 11.1. The van der Waals surface area contributed by atoms with Gasteiger partial charge in [-0.05, 0) is 29.8 Å². The van der Waals surface area contributed by atoms with Gasteiger partial charge in [-0.25, -0.2) is 4.39 Å². The Kier molecular flexibility index (Phi) is 5.84. The van der Waals surface area contributed by atoms with E-state index >= 15 is 0 Å². The smallest absolute Gasteiger partial charge is 0.252 e. The summed E-state index contributed by atoms with van der Waals surface area (Å²) in [6.45, 7) is 1.35. The molecule has 7 heteroatoms. The molecule has 2 aromatic rings. The third-order valence-electron chi connectivity index (χ3n) is 3.48. The Morgan fingerprint density at radius 2 is 1.84 bits per heavy atom. The number of carbonyl (C=O) groups is 3. The molecular weight excluding hydrogens is 325 g/mol. The second kappa shape index (κ2) is 8.05. The number of nitrogens with two attached hydrogens (primary N) is 1. The van der Waals surface area contributed by atoms with Gasteiger partial charge in [0.05, 0.1) is 0 Å². The van der Waals surface area contributed by atoms with Crippen molar-refractivity contribution in [3.05, 3.63) is 65.5 Å². The number of anilines is 1. The number of hydrogen-bond donors (Lipinski definition) is 3. The maximum atomic E-state index is 13.7. The molecule has 0 saturated carbocycles. The molecule has 1 atom stereocenters. The van der Waals surface area contributed by atoms with Crippen LogP contribution >= 0.6 is 0 Å². The molecule has 0 bridgehead atoms. The quantitative estimate of drug-likeness (QED) is 0.743. The summed E-state index contributed by atoms with van der Waals surface area (Å²) in [5.74, 6) is -2.07. The van der Waals surface area contributed by atoms with Gasteiger partial charge in [-0.3, -0.25) is 14.4 Å². The molecule has 0 aliphatic rings. The molecule has 130 valence electrons. The molecule has 0 fully saturated rings. The Balaban J connectivity index is 2.14. The zero-order chi connectivity index (χ0) is 18.4. The lowest BCUT2D eigenvalue weighted by molar-refractivity contribution is -0.119. The van der Waals surface area contributed by atoms with Crippen LogP contribution in [-0.2, 0) is 16.0 Å². The van der Waals surface area contributed by atoms with E-state index in [2.05, 4.69) is 10.6 Å².